The van der Waals surface area contributed by atoms with Gasteiger partial charge in [0.25, 0.3) is 0 Å². The fourth-order valence-electron chi connectivity index (χ4n) is 2.33. The number of nitrogens with zero attached hydrogens (tertiary/aromatic N) is 1. The number of benzene rings is 1. The number of aliphatic carboxylic acids is 1. The van der Waals surface area contributed by atoms with Gasteiger partial charge >= 0.3 is 5.97 Å². The van der Waals surface area contributed by atoms with Crippen LogP contribution in [-0.2, 0) is 11.3 Å². The van der Waals surface area contributed by atoms with Crippen LogP contribution in [0.1, 0.15) is 24.8 Å². The van der Waals surface area contributed by atoms with Crippen LogP contribution in [0.4, 0.5) is 0 Å². The molecule has 0 amide bonds. The number of rotatable bonds is 3. The molecular formula is C13H17Cl2NO2. The standard InChI is InChI=1S/C13H16ClNO2.ClH/c14-11-5-3-4-10(8-11)9-15-7-2-1-6-12(15)13(16)17;/h3-5,8,12H,1-2,6-7,9H2,(H,16,17);1H. The molecule has 0 saturated carbocycles. The van der Waals surface area contributed by atoms with E-state index in [1.807, 2.05) is 29.2 Å². The lowest BCUT2D eigenvalue weighted by molar-refractivity contribution is -0.144. The minimum absolute atomic E-state index is 0. The molecule has 5 heteroatoms. The van der Waals surface area contributed by atoms with Gasteiger partial charge in [-0.25, -0.2) is 0 Å². The Hall–Kier alpha value is -0.770. The second kappa shape index (κ2) is 6.98. The quantitative estimate of drug-likeness (QED) is 0.929. The van der Waals surface area contributed by atoms with E-state index in [-0.39, 0.29) is 18.4 Å². The Kier molecular flexibility index (Phi) is 5.93. The summed E-state index contributed by atoms with van der Waals surface area (Å²) >= 11 is 5.93. The van der Waals surface area contributed by atoms with Crippen LogP contribution in [0.2, 0.25) is 5.02 Å². The van der Waals surface area contributed by atoms with Crippen LogP contribution in [0.25, 0.3) is 0 Å². The molecule has 0 bridgehead atoms. The largest absolute Gasteiger partial charge is 0.480 e. The Bertz CT molecular complexity index is 412. The van der Waals surface area contributed by atoms with Gasteiger partial charge in [-0.05, 0) is 37.1 Å². The maximum atomic E-state index is 11.2. The molecule has 100 valence electrons. The summed E-state index contributed by atoms with van der Waals surface area (Å²) in [5.41, 5.74) is 1.07. The molecule has 1 N–H and O–H groups in total. The average molecular weight is 290 g/mol. The smallest absolute Gasteiger partial charge is 0.320 e. The molecule has 0 aromatic heterocycles. The Labute approximate surface area is 118 Å². The predicted octanol–water partition coefficient (Wildman–Crippen LogP) is 3.20. The molecule has 0 radical (unpaired) electrons. The van der Waals surface area contributed by atoms with Crippen molar-refractivity contribution >= 4 is 30.0 Å². The number of carboxylic acid groups (broad SMARTS) is 1. The lowest BCUT2D eigenvalue weighted by atomic mass is 10.0. The Balaban J connectivity index is 0.00000162. The molecular weight excluding hydrogens is 273 g/mol. The molecule has 1 atom stereocenters. The SMILES string of the molecule is Cl.O=C(O)C1CCCCN1Cc1cccc(Cl)c1. The van der Waals surface area contributed by atoms with Gasteiger partial charge in [0.15, 0.2) is 0 Å². The number of halogens is 2. The highest BCUT2D eigenvalue weighted by atomic mass is 35.5. The van der Waals surface area contributed by atoms with Crippen LogP contribution >= 0.6 is 24.0 Å². The summed E-state index contributed by atoms with van der Waals surface area (Å²) in [7, 11) is 0. The molecule has 3 nitrogen and oxygen atoms in total. The summed E-state index contributed by atoms with van der Waals surface area (Å²) in [5.74, 6) is -0.716. The van der Waals surface area contributed by atoms with Crippen molar-refractivity contribution in [2.45, 2.75) is 31.8 Å². The monoisotopic (exact) mass is 289 g/mol. The molecule has 1 aliphatic heterocycles. The van der Waals surface area contributed by atoms with E-state index < -0.39 is 5.97 Å². The Morgan fingerprint density at radius 1 is 1.44 bits per heavy atom. The van der Waals surface area contributed by atoms with Crippen molar-refractivity contribution in [3.63, 3.8) is 0 Å². The second-order valence-corrected chi connectivity index (χ2v) is 4.89. The molecule has 1 aromatic carbocycles. The van der Waals surface area contributed by atoms with Crippen molar-refractivity contribution in [3.05, 3.63) is 34.9 Å². The molecule has 0 spiro atoms. The third-order valence-electron chi connectivity index (χ3n) is 3.17. The van der Waals surface area contributed by atoms with Crippen molar-refractivity contribution in [2.24, 2.45) is 0 Å². The first-order valence-corrected chi connectivity index (χ1v) is 6.26. The molecule has 1 fully saturated rings. The van der Waals surface area contributed by atoms with Gasteiger partial charge in [-0.1, -0.05) is 30.2 Å². The molecule has 18 heavy (non-hydrogen) atoms. The summed E-state index contributed by atoms with van der Waals surface area (Å²) in [4.78, 5) is 13.2. The molecule has 0 aliphatic carbocycles. The first kappa shape index (κ1) is 15.3. The molecule has 2 rings (SSSR count). The zero-order valence-corrected chi connectivity index (χ0v) is 11.6. The molecule has 1 aliphatic rings. The lowest BCUT2D eigenvalue weighted by Crippen LogP contribution is -2.43. The van der Waals surface area contributed by atoms with Crippen molar-refractivity contribution in [2.75, 3.05) is 6.54 Å². The third-order valence-corrected chi connectivity index (χ3v) is 3.41. The molecule has 1 saturated heterocycles. The Morgan fingerprint density at radius 3 is 2.89 bits per heavy atom. The minimum Gasteiger partial charge on any atom is -0.480 e. The maximum Gasteiger partial charge on any atom is 0.320 e. The van der Waals surface area contributed by atoms with Gasteiger partial charge in [0.2, 0.25) is 0 Å². The first-order chi connectivity index (χ1) is 8.16. The van der Waals surface area contributed by atoms with Crippen molar-refractivity contribution in [3.8, 4) is 0 Å². The number of carboxylic acids is 1. The van der Waals surface area contributed by atoms with E-state index >= 15 is 0 Å². The first-order valence-electron chi connectivity index (χ1n) is 5.88. The normalized spacial score (nSPS) is 20.2. The summed E-state index contributed by atoms with van der Waals surface area (Å²) in [6, 6.07) is 7.27. The number of carbonyl (C=O) groups is 1. The van der Waals surface area contributed by atoms with Gasteiger partial charge in [0.05, 0.1) is 0 Å². The van der Waals surface area contributed by atoms with E-state index in [1.54, 1.807) is 0 Å². The number of hydrogen-bond donors (Lipinski definition) is 1. The van der Waals surface area contributed by atoms with E-state index in [2.05, 4.69) is 0 Å². The summed E-state index contributed by atoms with van der Waals surface area (Å²) < 4.78 is 0. The summed E-state index contributed by atoms with van der Waals surface area (Å²) in [6.07, 6.45) is 2.82. The maximum absolute atomic E-state index is 11.2. The van der Waals surface area contributed by atoms with Crippen LogP contribution in [-0.4, -0.2) is 28.6 Å². The van der Waals surface area contributed by atoms with E-state index in [1.165, 1.54) is 0 Å². The van der Waals surface area contributed by atoms with E-state index in [9.17, 15) is 9.90 Å². The summed E-state index contributed by atoms with van der Waals surface area (Å²) in [6.45, 7) is 1.51. The molecule has 1 unspecified atom stereocenters. The van der Waals surface area contributed by atoms with Gasteiger partial charge in [-0.15, -0.1) is 12.4 Å². The minimum atomic E-state index is -0.716. The fourth-order valence-corrected chi connectivity index (χ4v) is 2.54. The topological polar surface area (TPSA) is 40.5 Å². The van der Waals surface area contributed by atoms with Gasteiger partial charge < -0.3 is 5.11 Å². The molecule has 1 aromatic rings. The number of piperidine rings is 1. The van der Waals surface area contributed by atoms with Gasteiger partial charge in [0, 0.05) is 11.6 Å². The van der Waals surface area contributed by atoms with Crippen LogP contribution in [0.5, 0.6) is 0 Å². The highest BCUT2D eigenvalue weighted by molar-refractivity contribution is 6.30. The van der Waals surface area contributed by atoms with Gasteiger partial charge in [0.1, 0.15) is 6.04 Å². The predicted molar refractivity (Wildman–Crippen MR) is 74.4 cm³/mol. The Morgan fingerprint density at radius 2 is 2.22 bits per heavy atom. The average Bonchev–Trinajstić information content (AvgIpc) is 2.29. The number of likely N-dealkylation sites (tertiary alicyclic amines) is 1. The van der Waals surface area contributed by atoms with Crippen LogP contribution < -0.4 is 0 Å². The van der Waals surface area contributed by atoms with Crippen molar-refractivity contribution < 1.29 is 9.90 Å². The lowest BCUT2D eigenvalue weighted by Gasteiger charge is -2.32. The van der Waals surface area contributed by atoms with Gasteiger partial charge in [-0.3, -0.25) is 9.69 Å². The van der Waals surface area contributed by atoms with Crippen molar-refractivity contribution in [1.82, 2.24) is 4.90 Å². The highest BCUT2D eigenvalue weighted by Gasteiger charge is 2.28. The van der Waals surface area contributed by atoms with Crippen LogP contribution in [0.3, 0.4) is 0 Å². The fraction of sp³-hybridized carbons (Fsp3) is 0.462. The summed E-state index contributed by atoms with van der Waals surface area (Å²) in [5, 5.41) is 9.87. The van der Waals surface area contributed by atoms with E-state index in [4.69, 9.17) is 11.6 Å². The molecule has 1 heterocycles. The van der Waals surface area contributed by atoms with Crippen LogP contribution in [0.15, 0.2) is 24.3 Å². The van der Waals surface area contributed by atoms with Gasteiger partial charge in [-0.2, -0.15) is 0 Å². The zero-order chi connectivity index (χ0) is 12.3. The van der Waals surface area contributed by atoms with E-state index in [0.717, 1.165) is 31.4 Å². The second-order valence-electron chi connectivity index (χ2n) is 4.45. The van der Waals surface area contributed by atoms with E-state index in [0.29, 0.717) is 11.6 Å². The number of hydrogen-bond acceptors (Lipinski definition) is 2. The van der Waals surface area contributed by atoms with Crippen LogP contribution in [0, 0.1) is 0 Å². The zero-order valence-electron chi connectivity index (χ0n) is 10.0. The third kappa shape index (κ3) is 3.87. The highest BCUT2D eigenvalue weighted by Crippen LogP contribution is 2.21. The van der Waals surface area contributed by atoms with Crippen molar-refractivity contribution in [1.29, 1.82) is 0 Å².